The summed E-state index contributed by atoms with van der Waals surface area (Å²) < 4.78 is 11.2. The third-order valence-corrected chi connectivity index (χ3v) is 3.46. The smallest absolute Gasteiger partial charge is 0.107 e. The molecule has 1 atom stereocenters. The lowest BCUT2D eigenvalue weighted by Crippen LogP contribution is -2.28. The van der Waals surface area contributed by atoms with Gasteiger partial charge in [0.05, 0.1) is 13.2 Å². The standard InChI is InChI=1S/C16H35NO2/c1-5-6-7-8-9-10-11-12-13-18-14-15-19-16(2)17(3)4/h16H,5-15H2,1-4H3. The molecule has 116 valence electrons. The van der Waals surface area contributed by atoms with E-state index in [9.17, 15) is 0 Å². The first-order valence-electron chi connectivity index (χ1n) is 8.04. The van der Waals surface area contributed by atoms with Gasteiger partial charge in [-0.1, -0.05) is 51.9 Å². The van der Waals surface area contributed by atoms with Crippen LogP contribution in [0.15, 0.2) is 0 Å². The Bertz CT molecular complexity index is 174. The van der Waals surface area contributed by atoms with Crippen LogP contribution >= 0.6 is 0 Å². The summed E-state index contributed by atoms with van der Waals surface area (Å²) in [7, 11) is 4.04. The fourth-order valence-corrected chi connectivity index (χ4v) is 1.87. The van der Waals surface area contributed by atoms with E-state index in [0.29, 0.717) is 13.2 Å². The lowest BCUT2D eigenvalue weighted by atomic mass is 10.1. The van der Waals surface area contributed by atoms with E-state index >= 15 is 0 Å². The highest BCUT2D eigenvalue weighted by atomic mass is 16.5. The Morgan fingerprint density at radius 3 is 1.95 bits per heavy atom. The topological polar surface area (TPSA) is 21.7 Å². The van der Waals surface area contributed by atoms with Crippen LogP contribution in [0.2, 0.25) is 0 Å². The van der Waals surface area contributed by atoms with Crippen molar-refractivity contribution in [2.45, 2.75) is 71.4 Å². The summed E-state index contributed by atoms with van der Waals surface area (Å²) in [6, 6.07) is 0. The average molecular weight is 273 g/mol. The van der Waals surface area contributed by atoms with Gasteiger partial charge in [0.2, 0.25) is 0 Å². The molecule has 0 N–H and O–H groups in total. The maximum absolute atomic E-state index is 5.59. The van der Waals surface area contributed by atoms with E-state index in [0.717, 1.165) is 6.61 Å². The Hall–Kier alpha value is -0.120. The number of hydrogen-bond donors (Lipinski definition) is 0. The molecule has 0 spiro atoms. The molecule has 0 aliphatic rings. The zero-order valence-corrected chi connectivity index (χ0v) is 13.6. The van der Waals surface area contributed by atoms with Crippen LogP contribution in [0.25, 0.3) is 0 Å². The van der Waals surface area contributed by atoms with E-state index in [1.165, 1.54) is 51.4 Å². The summed E-state index contributed by atoms with van der Waals surface area (Å²) in [5, 5.41) is 0. The second-order valence-electron chi connectivity index (χ2n) is 5.52. The Kier molecular flexibility index (Phi) is 14.2. The SMILES string of the molecule is CCCCCCCCCCOCCOC(C)N(C)C. The molecule has 0 heterocycles. The van der Waals surface area contributed by atoms with Crippen molar-refractivity contribution < 1.29 is 9.47 Å². The molecule has 0 radical (unpaired) electrons. The van der Waals surface area contributed by atoms with E-state index in [2.05, 4.69) is 18.7 Å². The first kappa shape index (κ1) is 18.9. The van der Waals surface area contributed by atoms with Crippen LogP contribution in [0.3, 0.4) is 0 Å². The zero-order chi connectivity index (χ0) is 14.3. The van der Waals surface area contributed by atoms with Crippen molar-refractivity contribution in [1.82, 2.24) is 4.90 Å². The van der Waals surface area contributed by atoms with Gasteiger partial charge >= 0.3 is 0 Å². The number of ether oxygens (including phenoxy) is 2. The summed E-state index contributed by atoms with van der Waals surface area (Å²) in [4.78, 5) is 2.05. The van der Waals surface area contributed by atoms with Crippen molar-refractivity contribution in [3.05, 3.63) is 0 Å². The summed E-state index contributed by atoms with van der Waals surface area (Å²) in [6.07, 6.45) is 11.0. The molecule has 0 saturated heterocycles. The second-order valence-corrected chi connectivity index (χ2v) is 5.52. The van der Waals surface area contributed by atoms with Crippen LogP contribution in [0.1, 0.15) is 65.2 Å². The van der Waals surface area contributed by atoms with E-state index < -0.39 is 0 Å². The molecule has 0 aromatic carbocycles. The molecule has 1 unspecified atom stereocenters. The van der Waals surface area contributed by atoms with E-state index in [1.54, 1.807) is 0 Å². The summed E-state index contributed by atoms with van der Waals surface area (Å²) in [6.45, 7) is 6.61. The van der Waals surface area contributed by atoms with Crippen molar-refractivity contribution in [2.24, 2.45) is 0 Å². The van der Waals surface area contributed by atoms with E-state index in [4.69, 9.17) is 9.47 Å². The molecule has 19 heavy (non-hydrogen) atoms. The molecule has 0 fully saturated rings. The van der Waals surface area contributed by atoms with Gasteiger partial charge in [0.25, 0.3) is 0 Å². The molecule has 0 rings (SSSR count). The summed E-state index contributed by atoms with van der Waals surface area (Å²) >= 11 is 0. The monoisotopic (exact) mass is 273 g/mol. The predicted molar refractivity (Wildman–Crippen MR) is 82.5 cm³/mol. The van der Waals surface area contributed by atoms with Crippen molar-refractivity contribution >= 4 is 0 Å². The van der Waals surface area contributed by atoms with Gasteiger partial charge in [0.15, 0.2) is 0 Å². The lowest BCUT2D eigenvalue weighted by molar-refractivity contribution is -0.0475. The normalized spacial score (nSPS) is 13.1. The van der Waals surface area contributed by atoms with Gasteiger partial charge in [-0.2, -0.15) is 0 Å². The van der Waals surface area contributed by atoms with Gasteiger partial charge in [-0.15, -0.1) is 0 Å². The molecule has 0 saturated carbocycles. The van der Waals surface area contributed by atoms with Crippen LogP contribution < -0.4 is 0 Å². The second kappa shape index (κ2) is 14.3. The van der Waals surface area contributed by atoms with Gasteiger partial charge in [-0.25, -0.2) is 0 Å². The van der Waals surface area contributed by atoms with Gasteiger partial charge in [0, 0.05) is 6.61 Å². The van der Waals surface area contributed by atoms with Crippen molar-refractivity contribution in [3.8, 4) is 0 Å². The predicted octanol–water partition coefficient (Wildman–Crippen LogP) is 4.07. The van der Waals surface area contributed by atoms with Crippen LogP contribution in [0.4, 0.5) is 0 Å². The van der Waals surface area contributed by atoms with Crippen LogP contribution in [-0.4, -0.2) is 45.0 Å². The van der Waals surface area contributed by atoms with Crippen molar-refractivity contribution in [1.29, 1.82) is 0 Å². The van der Waals surface area contributed by atoms with Gasteiger partial charge in [-0.3, -0.25) is 4.90 Å². The van der Waals surface area contributed by atoms with E-state index in [1.807, 2.05) is 14.1 Å². The molecule has 3 nitrogen and oxygen atoms in total. The molecule has 0 aliphatic carbocycles. The van der Waals surface area contributed by atoms with Gasteiger partial charge in [0.1, 0.15) is 6.23 Å². The molecule has 0 aliphatic heterocycles. The minimum absolute atomic E-state index is 0.173. The minimum atomic E-state index is 0.173. The fraction of sp³-hybridized carbons (Fsp3) is 1.00. The van der Waals surface area contributed by atoms with Crippen LogP contribution in [-0.2, 0) is 9.47 Å². The number of hydrogen-bond acceptors (Lipinski definition) is 3. The highest BCUT2D eigenvalue weighted by Crippen LogP contribution is 2.08. The average Bonchev–Trinajstić information content (AvgIpc) is 2.39. The number of nitrogens with zero attached hydrogens (tertiary/aromatic N) is 1. The Labute approximate surface area is 120 Å². The van der Waals surface area contributed by atoms with E-state index in [-0.39, 0.29) is 6.23 Å². The third-order valence-electron chi connectivity index (χ3n) is 3.46. The molecular formula is C16H35NO2. The highest BCUT2D eigenvalue weighted by molar-refractivity contribution is 4.46. The molecule has 3 heteroatoms. The fourth-order valence-electron chi connectivity index (χ4n) is 1.87. The molecule has 0 bridgehead atoms. The quantitative estimate of drug-likeness (QED) is 0.352. The number of unbranched alkanes of at least 4 members (excludes halogenated alkanes) is 7. The van der Waals surface area contributed by atoms with Gasteiger partial charge in [-0.05, 0) is 27.4 Å². The van der Waals surface area contributed by atoms with Crippen molar-refractivity contribution in [3.63, 3.8) is 0 Å². The van der Waals surface area contributed by atoms with Crippen molar-refractivity contribution in [2.75, 3.05) is 33.9 Å². The zero-order valence-electron chi connectivity index (χ0n) is 13.6. The minimum Gasteiger partial charge on any atom is -0.379 e. The van der Waals surface area contributed by atoms with Crippen LogP contribution in [0, 0.1) is 0 Å². The third kappa shape index (κ3) is 14.1. The van der Waals surface area contributed by atoms with Crippen LogP contribution in [0.5, 0.6) is 0 Å². The Morgan fingerprint density at radius 2 is 1.37 bits per heavy atom. The first-order chi connectivity index (χ1) is 9.18. The molecule has 0 aromatic rings. The summed E-state index contributed by atoms with van der Waals surface area (Å²) in [5.41, 5.74) is 0. The van der Waals surface area contributed by atoms with Gasteiger partial charge < -0.3 is 9.47 Å². The maximum atomic E-state index is 5.59. The molecule has 0 amide bonds. The first-order valence-corrected chi connectivity index (χ1v) is 8.04. The Morgan fingerprint density at radius 1 is 0.789 bits per heavy atom. The highest BCUT2D eigenvalue weighted by Gasteiger charge is 2.02. The molecular weight excluding hydrogens is 238 g/mol. The summed E-state index contributed by atoms with van der Waals surface area (Å²) in [5.74, 6) is 0. The number of rotatable bonds is 14. The Balaban J connectivity index is 3.03. The largest absolute Gasteiger partial charge is 0.379 e. The maximum Gasteiger partial charge on any atom is 0.107 e. The lowest BCUT2D eigenvalue weighted by Gasteiger charge is -2.19. The molecule has 0 aromatic heterocycles.